The van der Waals surface area contributed by atoms with Gasteiger partial charge in [-0.3, -0.25) is 9.69 Å². The van der Waals surface area contributed by atoms with Crippen molar-refractivity contribution in [3.8, 4) is 0 Å². The lowest BCUT2D eigenvalue weighted by Crippen LogP contribution is -2.24. The Morgan fingerprint density at radius 3 is 2.50 bits per heavy atom. The number of benzene rings is 3. The lowest BCUT2D eigenvalue weighted by atomic mass is 10.0. The number of rotatable bonds is 3. The van der Waals surface area contributed by atoms with Crippen molar-refractivity contribution in [3.05, 3.63) is 93.9 Å². The molecule has 0 aliphatic carbocycles. The summed E-state index contributed by atoms with van der Waals surface area (Å²) in [6.45, 7) is 1.66. The van der Waals surface area contributed by atoms with Crippen LogP contribution in [0.3, 0.4) is 0 Å². The van der Waals surface area contributed by atoms with Crippen LogP contribution in [0, 0.1) is 5.82 Å². The highest BCUT2D eigenvalue weighted by Gasteiger charge is 2.38. The molecule has 0 spiro atoms. The van der Waals surface area contributed by atoms with Crippen LogP contribution in [0.1, 0.15) is 12.5 Å². The fraction of sp³-hybridized carbons (Fsp3) is 0.0833. The minimum absolute atomic E-state index is 0.0271. The number of esters is 1. The smallest absolute Gasteiger partial charge is 0.340 e. The third kappa shape index (κ3) is 3.17. The van der Waals surface area contributed by atoms with Gasteiger partial charge in [0.15, 0.2) is 0 Å². The maximum Gasteiger partial charge on any atom is 0.340 e. The van der Waals surface area contributed by atoms with Crippen LogP contribution in [-0.2, 0) is 14.3 Å². The molecule has 0 bridgehead atoms. The molecule has 3 aromatic rings. The fourth-order valence-corrected chi connectivity index (χ4v) is 3.88. The molecule has 0 unspecified atom stereocenters. The second kappa shape index (κ2) is 7.76. The van der Waals surface area contributed by atoms with E-state index in [1.807, 2.05) is 36.4 Å². The lowest BCUT2D eigenvalue weighted by molar-refractivity contribution is -0.136. The molecule has 0 fully saturated rings. The molecule has 0 N–H and O–H groups in total. The highest BCUT2D eigenvalue weighted by molar-refractivity contribution is 6.33. The minimum Gasteiger partial charge on any atom is -0.465 e. The van der Waals surface area contributed by atoms with E-state index in [0.29, 0.717) is 11.4 Å². The Morgan fingerprint density at radius 1 is 1.07 bits per heavy atom. The van der Waals surface area contributed by atoms with Crippen LogP contribution in [0.5, 0.6) is 0 Å². The van der Waals surface area contributed by atoms with Gasteiger partial charge in [0.05, 0.1) is 29.0 Å². The van der Waals surface area contributed by atoms with Gasteiger partial charge in [-0.15, -0.1) is 0 Å². The van der Waals surface area contributed by atoms with Gasteiger partial charge in [-0.2, -0.15) is 0 Å². The molecule has 0 saturated carbocycles. The summed E-state index contributed by atoms with van der Waals surface area (Å²) in [4.78, 5) is 27.5. The number of halogens is 2. The molecule has 1 heterocycles. The first-order chi connectivity index (χ1) is 14.4. The highest BCUT2D eigenvalue weighted by Crippen LogP contribution is 2.39. The molecule has 0 radical (unpaired) electrons. The summed E-state index contributed by atoms with van der Waals surface area (Å²) in [5.41, 5.74) is 1.17. The Hall–Kier alpha value is -3.44. The van der Waals surface area contributed by atoms with Gasteiger partial charge in [-0.25, -0.2) is 9.18 Å². The number of hydrogen-bond acceptors (Lipinski definition) is 3. The number of allylic oxidation sites excluding steroid dienone is 1. The van der Waals surface area contributed by atoms with E-state index in [1.54, 1.807) is 13.0 Å². The van der Waals surface area contributed by atoms with Crippen molar-refractivity contribution in [1.82, 2.24) is 0 Å². The quantitative estimate of drug-likeness (QED) is 0.414. The molecule has 150 valence electrons. The van der Waals surface area contributed by atoms with Crippen LogP contribution < -0.4 is 4.90 Å². The van der Waals surface area contributed by atoms with Crippen LogP contribution in [0.25, 0.3) is 16.8 Å². The summed E-state index contributed by atoms with van der Waals surface area (Å²) in [6.07, 6.45) is 1.31. The maximum atomic E-state index is 14.4. The van der Waals surface area contributed by atoms with E-state index < -0.39 is 17.7 Å². The van der Waals surface area contributed by atoms with Crippen LogP contribution in [0.15, 0.2) is 77.5 Å². The number of anilines is 1. The third-order valence-corrected chi connectivity index (χ3v) is 5.42. The number of hydrogen-bond donors (Lipinski definition) is 0. The number of methoxy groups -OCH3 is 1. The average molecular weight is 422 g/mol. The van der Waals surface area contributed by atoms with E-state index in [9.17, 15) is 14.0 Å². The number of carbonyl (C=O) groups excluding carboxylic acids is 2. The second-order valence-electron chi connectivity index (χ2n) is 6.78. The molecule has 1 aliphatic heterocycles. The van der Waals surface area contributed by atoms with Gasteiger partial charge in [0.2, 0.25) is 0 Å². The summed E-state index contributed by atoms with van der Waals surface area (Å²) in [6, 6.07) is 17.4. The van der Waals surface area contributed by atoms with Crippen LogP contribution in [0.2, 0.25) is 5.02 Å². The molecule has 30 heavy (non-hydrogen) atoms. The molecule has 4 nitrogen and oxygen atoms in total. The van der Waals surface area contributed by atoms with Gasteiger partial charge in [0, 0.05) is 16.6 Å². The zero-order chi connectivity index (χ0) is 21.4. The molecule has 0 saturated heterocycles. The topological polar surface area (TPSA) is 46.6 Å². The van der Waals surface area contributed by atoms with Crippen LogP contribution in [-0.4, -0.2) is 19.0 Å². The highest BCUT2D eigenvalue weighted by atomic mass is 35.5. The molecule has 3 aromatic carbocycles. The minimum atomic E-state index is -0.678. The molecule has 0 atom stereocenters. The summed E-state index contributed by atoms with van der Waals surface area (Å²) < 4.78 is 19.3. The van der Waals surface area contributed by atoms with E-state index >= 15 is 0 Å². The van der Waals surface area contributed by atoms with Crippen molar-refractivity contribution >= 4 is 46.0 Å². The predicted molar refractivity (Wildman–Crippen MR) is 116 cm³/mol. The van der Waals surface area contributed by atoms with Gasteiger partial charge in [0.25, 0.3) is 5.91 Å². The first-order valence-electron chi connectivity index (χ1n) is 9.21. The Balaban J connectivity index is 1.95. The lowest BCUT2D eigenvalue weighted by Gasteiger charge is -2.20. The van der Waals surface area contributed by atoms with Crippen molar-refractivity contribution in [2.24, 2.45) is 0 Å². The second-order valence-corrected chi connectivity index (χ2v) is 7.19. The van der Waals surface area contributed by atoms with E-state index in [0.717, 1.165) is 10.8 Å². The van der Waals surface area contributed by atoms with Crippen LogP contribution >= 0.6 is 11.6 Å². The van der Waals surface area contributed by atoms with Crippen LogP contribution in [0.4, 0.5) is 10.1 Å². The van der Waals surface area contributed by atoms with E-state index in [-0.39, 0.29) is 21.7 Å². The molecule has 4 rings (SSSR count). The van der Waals surface area contributed by atoms with Crippen molar-refractivity contribution in [2.45, 2.75) is 6.92 Å². The predicted octanol–water partition coefficient (Wildman–Crippen LogP) is 5.51. The van der Waals surface area contributed by atoms with Crippen molar-refractivity contribution < 1.29 is 18.7 Å². The molecule has 1 aliphatic rings. The van der Waals surface area contributed by atoms with Gasteiger partial charge in [-0.1, -0.05) is 54.1 Å². The SMILES string of the molecule is COC(=O)C1=C(C)N(c2cccc3ccccc23)C(=O)C1=Cc1c(F)cccc1Cl. The van der Waals surface area contributed by atoms with Crippen molar-refractivity contribution in [2.75, 3.05) is 12.0 Å². The monoisotopic (exact) mass is 421 g/mol. The van der Waals surface area contributed by atoms with Gasteiger partial charge >= 0.3 is 5.97 Å². The molecular formula is C24H17ClFNO3. The Labute approximate surface area is 177 Å². The first-order valence-corrected chi connectivity index (χ1v) is 9.59. The summed E-state index contributed by atoms with van der Waals surface area (Å²) in [5, 5.41) is 1.94. The van der Waals surface area contributed by atoms with Gasteiger partial charge in [-0.05, 0) is 36.6 Å². The Kier molecular flexibility index (Phi) is 5.14. The third-order valence-electron chi connectivity index (χ3n) is 5.09. The standard InChI is InChI=1S/C24H17ClFNO3/c1-14-22(24(29)30-2)18(13-17-19(25)10-6-11-20(17)26)23(28)27(14)21-12-5-8-15-7-3-4-9-16(15)21/h3-13H,1-2H3. The maximum absolute atomic E-state index is 14.4. The van der Waals surface area contributed by atoms with Gasteiger partial charge < -0.3 is 4.74 Å². The first kappa shape index (κ1) is 19.9. The number of fused-ring (bicyclic) bond motifs is 1. The normalized spacial score (nSPS) is 15.4. The molecular weight excluding hydrogens is 405 g/mol. The van der Waals surface area contributed by atoms with E-state index in [1.165, 1.54) is 36.3 Å². The van der Waals surface area contributed by atoms with E-state index in [2.05, 4.69) is 0 Å². The number of carbonyl (C=O) groups is 2. The van der Waals surface area contributed by atoms with Gasteiger partial charge in [0.1, 0.15) is 5.82 Å². The van der Waals surface area contributed by atoms with Crippen molar-refractivity contribution in [1.29, 1.82) is 0 Å². The van der Waals surface area contributed by atoms with Crippen molar-refractivity contribution in [3.63, 3.8) is 0 Å². The molecule has 6 heteroatoms. The largest absolute Gasteiger partial charge is 0.465 e. The fourth-order valence-electron chi connectivity index (χ4n) is 3.67. The summed E-state index contributed by atoms with van der Waals surface area (Å²) >= 11 is 6.14. The average Bonchev–Trinajstić information content (AvgIpc) is 2.99. The molecule has 1 amide bonds. The Bertz CT molecular complexity index is 1240. The number of ether oxygens (including phenoxy) is 1. The summed E-state index contributed by atoms with van der Waals surface area (Å²) in [7, 11) is 1.24. The van der Waals surface area contributed by atoms with E-state index in [4.69, 9.17) is 16.3 Å². The Morgan fingerprint density at radius 2 is 1.77 bits per heavy atom. The number of nitrogens with zero attached hydrogens (tertiary/aromatic N) is 1. The summed E-state index contributed by atoms with van der Waals surface area (Å²) in [5.74, 6) is -1.72. The zero-order valence-corrected chi connectivity index (χ0v) is 17.0. The molecule has 0 aromatic heterocycles. The number of amides is 1. The zero-order valence-electron chi connectivity index (χ0n) is 16.3.